The number of hydrogen-bond acceptors (Lipinski definition) is 6. The molecule has 0 radical (unpaired) electrons. The number of hydrogen-bond donors (Lipinski definition) is 2. The maximum absolute atomic E-state index is 12.0. The highest BCUT2D eigenvalue weighted by Gasteiger charge is 2.16. The predicted molar refractivity (Wildman–Crippen MR) is 86.1 cm³/mol. The summed E-state index contributed by atoms with van der Waals surface area (Å²) in [6.45, 7) is 0. The third kappa shape index (κ3) is 3.27. The van der Waals surface area contributed by atoms with E-state index in [1.165, 1.54) is 26.2 Å². The largest absolute Gasteiger partial charge is 0.332 e. The molecular weight excluding hydrogens is 342 g/mol. The Morgan fingerprint density at radius 2 is 1.88 bits per heavy atom. The number of hydrazine groups is 1. The normalized spacial score (nSPS) is 10.3. The molecule has 0 aliphatic heterocycles. The van der Waals surface area contributed by atoms with E-state index in [1.807, 2.05) is 0 Å². The summed E-state index contributed by atoms with van der Waals surface area (Å²) in [5.74, 6) is -0.650. The van der Waals surface area contributed by atoms with Gasteiger partial charge in [0.2, 0.25) is 0 Å². The lowest BCUT2D eigenvalue weighted by atomic mass is 10.2. The topological polar surface area (TPSA) is 128 Å². The first kappa shape index (κ1) is 17.2. The molecule has 1 aromatic carbocycles. The van der Waals surface area contributed by atoms with Crippen molar-refractivity contribution in [2.45, 2.75) is 0 Å². The quantitative estimate of drug-likeness (QED) is 0.605. The SMILES string of the molecule is Cn1c(NNC(=O)c2ccc(Cl)c([N+](=O)[O-])c2)cc(=O)n(C)c1=O. The van der Waals surface area contributed by atoms with Crippen molar-refractivity contribution in [3.8, 4) is 0 Å². The van der Waals surface area contributed by atoms with Crippen LogP contribution in [-0.4, -0.2) is 20.0 Å². The fraction of sp³-hybridized carbons (Fsp3) is 0.154. The molecule has 0 saturated heterocycles. The van der Waals surface area contributed by atoms with Crippen LogP contribution >= 0.6 is 11.6 Å². The van der Waals surface area contributed by atoms with E-state index >= 15 is 0 Å². The van der Waals surface area contributed by atoms with E-state index in [2.05, 4.69) is 10.9 Å². The molecule has 0 spiro atoms. The van der Waals surface area contributed by atoms with Crippen molar-refractivity contribution in [1.29, 1.82) is 0 Å². The molecule has 0 aliphatic rings. The summed E-state index contributed by atoms with van der Waals surface area (Å²) in [6, 6.07) is 4.66. The van der Waals surface area contributed by atoms with Gasteiger partial charge >= 0.3 is 5.69 Å². The minimum Gasteiger partial charge on any atom is -0.283 e. The van der Waals surface area contributed by atoms with E-state index in [-0.39, 0.29) is 16.4 Å². The number of benzene rings is 1. The zero-order chi connectivity index (χ0) is 18.0. The van der Waals surface area contributed by atoms with Gasteiger partial charge in [-0.1, -0.05) is 11.6 Å². The Labute approximate surface area is 139 Å². The maximum atomic E-state index is 12.0. The van der Waals surface area contributed by atoms with E-state index in [0.717, 1.165) is 21.3 Å². The van der Waals surface area contributed by atoms with Gasteiger partial charge in [-0.15, -0.1) is 0 Å². The van der Waals surface area contributed by atoms with Gasteiger partial charge in [0, 0.05) is 31.8 Å². The van der Waals surface area contributed by atoms with E-state index in [1.54, 1.807) is 0 Å². The number of nitrogens with zero attached hydrogens (tertiary/aromatic N) is 3. The first-order valence-electron chi connectivity index (χ1n) is 6.49. The van der Waals surface area contributed by atoms with Crippen LogP contribution in [0.3, 0.4) is 0 Å². The lowest BCUT2D eigenvalue weighted by Gasteiger charge is -2.12. The fourth-order valence-electron chi connectivity index (χ4n) is 1.84. The minimum atomic E-state index is -0.711. The third-order valence-corrected chi connectivity index (χ3v) is 3.55. The molecule has 11 heteroatoms. The Bertz CT molecular complexity index is 949. The average Bonchev–Trinajstić information content (AvgIpc) is 2.54. The molecular formula is C13H12ClN5O5. The molecule has 126 valence electrons. The van der Waals surface area contributed by atoms with Crippen LogP contribution in [0.4, 0.5) is 11.5 Å². The number of rotatable bonds is 4. The maximum Gasteiger partial charge on any atom is 0.332 e. The molecule has 1 heterocycles. The van der Waals surface area contributed by atoms with Crippen molar-refractivity contribution in [3.63, 3.8) is 0 Å². The summed E-state index contributed by atoms with van der Waals surface area (Å²) < 4.78 is 2.02. The Morgan fingerprint density at radius 3 is 2.50 bits per heavy atom. The molecule has 0 fully saturated rings. The van der Waals surface area contributed by atoms with Gasteiger partial charge in [0.15, 0.2) is 0 Å². The van der Waals surface area contributed by atoms with Gasteiger partial charge in [-0.05, 0) is 12.1 Å². The Balaban J connectivity index is 2.23. The molecule has 2 N–H and O–H groups in total. The molecule has 2 aromatic rings. The van der Waals surface area contributed by atoms with Crippen LogP contribution in [0.5, 0.6) is 0 Å². The lowest BCUT2D eigenvalue weighted by molar-refractivity contribution is -0.384. The van der Waals surface area contributed by atoms with Crippen LogP contribution in [0.15, 0.2) is 33.9 Å². The molecule has 0 aliphatic carbocycles. The third-order valence-electron chi connectivity index (χ3n) is 3.24. The van der Waals surface area contributed by atoms with Gasteiger partial charge in [-0.25, -0.2) is 4.79 Å². The fourth-order valence-corrected chi connectivity index (χ4v) is 2.03. The highest BCUT2D eigenvalue weighted by Crippen LogP contribution is 2.24. The van der Waals surface area contributed by atoms with Crippen molar-refractivity contribution >= 4 is 29.0 Å². The van der Waals surface area contributed by atoms with Gasteiger partial charge in [0.1, 0.15) is 10.8 Å². The van der Waals surface area contributed by atoms with Crippen molar-refractivity contribution in [2.75, 3.05) is 5.43 Å². The molecule has 0 saturated carbocycles. The number of nitro benzene ring substituents is 1. The molecule has 0 atom stereocenters. The second kappa shape index (κ2) is 6.54. The van der Waals surface area contributed by atoms with Gasteiger partial charge < -0.3 is 0 Å². The monoisotopic (exact) mass is 353 g/mol. The summed E-state index contributed by atoms with van der Waals surface area (Å²) in [7, 11) is 2.73. The standard InChI is InChI=1S/C13H12ClN5O5/c1-17-10(6-11(20)18(2)13(17)22)15-16-12(21)7-3-4-8(14)9(5-7)19(23)24/h3-6,15H,1-2H3,(H,16,21). The van der Waals surface area contributed by atoms with Crippen molar-refractivity contribution in [3.05, 3.63) is 65.8 Å². The molecule has 1 aromatic heterocycles. The number of carbonyl (C=O) groups excluding carboxylic acids is 1. The van der Waals surface area contributed by atoms with Crippen LogP contribution in [0, 0.1) is 10.1 Å². The van der Waals surface area contributed by atoms with Crippen molar-refractivity contribution in [2.24, 2.45) is 14.1 Å². The van der Waals surface area contributed by atoms with Crippen LogP contribution in [0.1, 0.15) is 10.4 Å². The zero-order valence-corrected chi connectivity index (χ0v) is 13.3. The Morgan fingerprint density at radius 1 is 1.21 bits per heavy atom. The summed E-state index contributed by atoms with van der Waals surface area (Å²) in [5, 5.41) is 10.7. The van der Waals surface area contributed by atoms with Crippen LogP contribution in [0.25, 0.3) is 0 Å². The Kier molecular flexibility index (Phi) is 4.69. The molecule has 0 unspecified atom stereocenters. The first-order chi connectivity index (χ1) is 11.2. The molecule has 0 bridgehead atoms. The first-order valence-corrected chi connectivity index (χ1v) is 6.87. The second-order valence-corrected chi connectivity index (χ2v) is 5.18. The van der Waals surface area contributed by atoms with E-state index < -0.39 is 27.8 Å². The van der Waals surface area contributed by atoms with Crippen LogP contribution < -0.4 is 22.1 Å². The number of carbonyl (C=O) groups is 1. The highest BCUT2D eigenvalue weighted by atomic mass is 35.5. The van der Waals surface area contributed by atoms with E-state index in [9.17, 15) is 24.5 Å². The number of halogens is 1. The molecule has 2 rings (SSSR count). The van der Waals surface area contributed by atoms with Gasteiger partial charge in [0.25, 0.3) is 17.2 Å². The van der Waals surface area contributed by atoms with Gasteiger partial charge in [-0.2, -0.15) is 0 Å². The summed E-state index contributed by atoms with van der Waals surface area (Å²) >= 11 is 5.68. The van der Waals surface area contributed by atoms with Crippen LogP contribution in [0.2, 0.25) is 5.02 Å². The number of nitrogens with one attached hydrogen (secondary N) is 2. The zero-order valence-electron chi connectivity index (χ0n) is 12.6. The van der Waals surface area contributed by atoms with E-state index in [4.69, 9.17) is 11.6 Å². The lowest BCUT2D eigenvalue weighted by Crippen LogP contribution is -2.40. The van der Waals surface area contributed by atoms with Crippen LogP contribution in [-0.2, 0) is 14.1 Å². The minimum absolute atomic E-state index is 0.0209. The van der Waals surface area contributed by atoms with Gasteiger partial charge in [0.05, 0.1) is 4.92 Å². The van der Waals surface area contributed by atoms with Crippen molar-refractivity contribution in [1.82, 2.24) is 14.6 Å². The van der Waals surface area contributed by atoms with Crippen molar-refractivity contribution < 1.29 is 9.72 Å². The second-order valence-electron chi connectivity index (χ2n) is 4.77. The molecule has 24 heavy (non-hydrogen) atoms. The Hall–Kier alpha value is -3.14. The summed E-state index contributed by atoms with van der Waals surface area (Å²) in [6.07, 6.45) is 0. The summed E-state index contributed by atoms with van der Waals surface area (Å²) in [4.78, 5) is 45.5. The number of anilines is 1. The number of nitro groups is 1. The van der Waals surface area contributed by atoms with Gasteiger partial charge in [-0.3, -0.25) is 39.7 Å². The highest BCUT2D eigenvalue weighted by molar-refractivity contribution is 6.32. The smallest absolute Gasteiger partial charge is 0.283 e. The predicted octanol–water partition coefficient (Wildman–Crippen LogP) is 0.402. The number of aromatic nitrogens is 2. The summed E-state index contributed by atoms with van der Waals surface area (Å²) in [5.41, 5.74) is 3.11. The average molecular weight is 354 g/mol. The van der Waals surface area contributed by atoms with E-state index in [0.29, 0.717) is 0 Å². The molecule has 10 nitrogen and oxygen atoms in total. The number of amides is 1. The molecule has 1 amide bonds.